The van der Waals surface area contributed by atoms with Gasteiger partial charge >= 0.3 is 5.97 Å². The molecule has 1 N–H and O–H groups in total. The Morgan fingerprint density at radius 1 is 1.44 bits per heavy atom. The standard InChI is InChI=1S/C12H11Cl2NO3/c1-6-2-8(13)4-9(14)11(6)15-5-7(12(17)18)3-10(15)16/h2,4,7H,3,5H2,1H3,(H,17,18). The van der Waals surface area contributed by atoms with Gasteiger partial charge in [0.25, 0.3) is 0 Å². The molecule has 1 atom stereocenters. The molecule has 18 heavy (non-hydrogen) atoms. The molecule has 1 aromatic rings. The number of carbonyl (C=O) groups is 2. The highest BCUT2D eigenvalue weighted by atomic mass is 35.5. The van der Waals surface area contributed by atoms with E-state index in [1.54, 1.807) is 19.1 Å². The van der Waals surface area contributed by atoms with Gasteiger partial charge in [0, 0.05) is 18.0 Å². The van der Waals surface area contributed by atoms with Crippen molar-refractivity contribution < 1.29 is 14.7 Å². The van der Waals surface area contributed by atoms with Crippen LogP contribution in [0.25, 0.3) is 0 Å². The van der Waals surface area contributed by atoms with E-state index in [2.05, 4.69) is 0 Å². The van der Waals surface area contributed by atoms with Crippen molar-refractivity contribution in [1.29, 1.82) is 0 Å². The molecule has 1 saturated heterocycles. The van der Waals surface area contributed by atoms with Gasteiger partial charge in [0.05, 0.1) is 16.6 Å². The SMILES string of the molecule is Cc1cc(Cl)cc(Cl)c1N1CC(C(=O)O)CC1=O. The monoisotopic (exact) mass is 287 g/mol. The largest absolute Gasteiger partial charge is 0.481 e. The lowest BCUT2D eigenvalue weighted by Gasteiger charge is -2.20. The van der Waals surface area contributed by atoms with E-state index in [9.17, 15) is 9.59 Å². The van der Waals surface area contributed by atoms with E-state index in [-0.39, 0.29) is 18.9 Å². The predicted molar refractivity (Wildman–Crippen MR) is 69.3 cm³/mol. The highest BCUT2D eigenvalue weighted by Gasteiger charge is 2.36. The summed E-state index contributed by atoms with van der Waals surface area (Å²) in [5, 5.41) is 9.79. The molecule has 0 spiro atoms. The first-order valence-corrected chi connectivity index (χ1v) is 6.14. The third kappa shape index (κ3) is 2.31. The summed E-state index contributed by atoms with van der Waals surface area (Å²) in [6.45, 7) is 1.94. The summed E-state index contributed by atoms with van der Waals surface area (Å²) >= 11 is 11.9. The van der Waals surface area contributed by atoms with Crippen molar-refractivity contribution in [1.82, 2.24) is 0 Å². The third-order valence-electron chi connectivity index (χ3n) is 2.96. The second-order valence-electron chi connectivity index (χ2n) is 4.30. The number of carboxylic acids is 1. The van der Waals surface area contributed by atoms with Gasteiger partial charge in [-0.1, -0.05) is 23.2 Å². The van der Waals surface area contributed by atoms with E-state index in [4.69, 9.17) is 28.3 Å². The number of rotatable bonds is 2. The van der Waals surface area contributed by atoms with Gasteiger partial charge in [0.1, 0.15) is 0 Å². The number of anilines is 1. The van der Waals surface area contributed by atoms with Gasteiger partial charge in [-0.05, 0) is 24.6 Å². The van der Waals surface area contributed by atoms with Crippen molar-refractivity contribution in [3.05, 3.63) is 27.7 Å². The summed E-state index contributed by atoms with van der Waals surface area (Å²) in [6, 6.07) is 3.25. The molecular weight excluding hydrogens is 277 g/mol. The van der Waals surface area contributed by atoms with Crippen LogP contribution in [0.2, 0.25) is 10.0 Å². The van der Waals surface area contributed by atoms with Crippen molar-refractivity contribution in [2.75, 3.05) is 11.4 Å². The first kappa shape index (κ1) is 13.2. The Hall–Kier alpha value is -1.26. The zero-order valence-corrected chi connectivity index (χ0v) is 11.1. The molecule has 1 amide bonds. The molecule has 1 fully saturated rings. The van der Waals surface area contributed by atoms with Gasteiger partial charge in [-0.15, -0.1) is 0 Å². The average Bonchev–Trinajstić information content (AvgIpc) is 2.59. The number of hydrogen-bond donors (Lipinski definition) is 1. The summed E-state index contributed by atoms with van der Waals surface area (Å²) in [4.78, 5) is 24.2. The topological polar surface area (TPSA) is 57.6 Å². The number of amides is 1. The van der Waals surface area contributed by atoms with Crippen molar-refractivity contribution in [3.63, 3.8) is 0 Å². The first-order chi connectivity index (χ1) is 8.40. The molecule has 0 saturated carbocycles. The lowest BCUT2D eigenvalue weighted by atomic mass is 10.1. The van der Waals surface area contributed by atoms with Crippen LogP contribution in [0.3, 0.4) is 0 Å². The number of carbonyl (C=O) groups excluding carboxylic acids is 1. The normalized spacial score (nSPS) is 19.4. The maximum Gasteiger partial charge on any atom is 0.308 e. The first-order valence-electron chi connectivity index (χ1n) is 5.39. The van der Waals surface area contributed by atoms with Crippen LogP contribution in [0.4, 0.5) is 5.69 Å². The van der Waals surface area contributed by atoms with Gasteiger partial charge < -0.3 is 10.0 Å². The molecule has 2 rings (SSSR count). The Morgan fingerprint density at radius 3 is 2.61 bits per heavy atom. The summed E-state index contributed by atoms with van der Waals surface area (Å²) < 4.78 is 0. The number of aryl methyl sites for hydroxylation is 1. The van der Waals surface area contributed by atoms with Crippen LogP contribution in [0.1, 0.15) is 12.0 Å². The molecule has 1 unspecified atom stereocenters. The highest BCUT2D eigenvalue weighted by molar-refractivity contribution is 6.37. The van der Waals surface area contributed by atoms with Crippen molar-refractivity contribution in [2.24, 2.45) is 5.92 Å². The maximum atomic E-state index is 11.8. The molecule has 0 radical (unpaired) electrons. The van der Waals surface area contributed by atoms with Gasteiger partial charge in [0.2, 0.25) is 5.91 Å². The molecule has 1 aliphatic heterocycles. The number of aliphatic carboxylic acids is 1. The van der Waals surface area contributed by atoms with E-state index in [0.29, 0.717) is 15.7 Å². The summed E-state index contributed by atoms with van der Waals surface area (Å²) in [7, 11) is 0. The Labute approximate surface area is 114 Å². The summed E-state index contributed by atoms with van der Waals surface area (Å²) in [5.41, 5.74) is 1.31. The fourth-order valence-corrected chi connectivity index (χ4v) is 2.82. The smallest absolute Gasteiger partial charge is 0.308 e. The zero-order chi connectivity index (χ0) is 13.4. The van der Waals surface area contributed by atoms with E-state index >= 15 is 0 Å². The minimum absolute atomic E-state index is 0.00767. The Balaban J connectivity index is 2.39. The summed E-state index contributed by atoms with van der Waals surface area (Å²) in [6.07, 6.45) is 0.00767. The Morgan fingerprint density at radius 2 is 2.11 bits per heavy atom. The number of nitrogens with zero attached hydrogens (tertiary/aromatic N) is 1. The fourth-order valence-electron chi connectivity index (χ4n) is 2.13. The average molecular weight is 288 g/mol. The quantitative estimate of drug-likeness (QED) is 0.910. The van der Waals surface area contributed by atoms with Crippen molar-refractivity contribution in [3.8, 4) is 0 Å². The van der Waals surface area contributed by atoms with E-state index in [1.165, 1.54) is 4.90 Å². The van der Waals surface area contributed by atoms with Crippen LogP contribution in [0.5, 0.6) is 0 Å². The second kappa shape index (κ2) is 4.78. The fraction of sp³-hybridized carbons (Fsp3) is 0.333. The van der Waals surface area contributed by atoms with Crippen LogP contribution in [-0.4, -0.2) is 23.5 Å². The Bertz CT molecular complexity index is 507. The highest BCUT2D eigenvalue weighted by Crippen LogP contribution is 2.36. The van der Waals surface area contributed by atoms with E-state index in [1.807, 2.05) is 0 Å². The number of benzene rings is 1. The van der Waals surface area contributed by atoms with Crippen LogP contribution < -0.4 is 4.90 Å². The summed E-state index contributed by atoms with van der Waals surface area (Å²) in [5.74, 6) is -1.87. The third-order valence-corrected chi connectivity index (χ3v) is 3.47. The number of hydrogen-bond acceptors (Lipinski definition) is 2. The number of carboxylic acid groups (broad SMARTS) is 1. The maximum absolute atomic E-state index is 11.8. The minimum Gasteiger partial charge on any atom is -0.481 e. The van der Waals surface area contributed by atoms with Gasteiger partial charge in [-0.25, -0.2) is 0 Å². The van der Waals surface area contributed by atoms with E-state index < -0.39 is 11.9 Å². The number of halogens is 2. The molecule has 0 aromatic heterocycles. The van der Waals surface area contributed by atoms with Crippen molar-refractivity contribution >= 4 is 40.8 Å². The molecule has 0 aliphatic carbocycles. The van der Waals surface area contributed by atoms with Crippen LogP contribution in [-0.2, 0) is 9.59 Å². The van der Waals surface area contributed by atoms with Gasteiger partial charge in [-0.2, -0.15) is 0 Å². The van der Waals surface area contributed by atoms with E-state index in [0.717, 1.165) is 5.56 Å². The molecule has 1 heterocycles. The van der Waals surface area contributed by atoms with Gasteiger partial charge in [0.15, 0.2) is 0 Å². The van der Waals surface area contributed by atoms with Gasteiger partial charge in [-0.3, -0.25) is 9.59 Å². The Kier molecular flexibility index (Phi) is 3.50. The predicted octanol–water partition coefficient (Wildman–Crippen LogP) is 2.74. The van der Waals surface area contributed by atoms with Crippen LogP contribution in [0.15, 0.2) is 12.1 Å². The molecule has 6 heteroatoms. The zero-order valence-electron chi connectivity index (χ0n) is 9.61. The molecule has 96 valence electrons. The molecule has 1 aromatic carbocycles. The molecular formula is C12H11Cl2NO3. The van der Waals surface area contributed by atoms with Crippen LogP contribution in [0, 0.1) is 12.8 Å². The van der Waals surface area contributed by atoms with Crippen LogP contribution >= 0.6 is 23.2 Å². The minimum atomic E-state index is -0.964. The lowest BCUT2D eigenvalue weighted by molar-refractivity contribution is -0.141. The second-order valence-corrected chi connectivity index (χ2v) is 5.14. The molecule has 0 bridgehead atoms. The van der Waals surface area contributed by atoms with Crippen molar-refractivity contribution in [2.45, 2.75) is 13.3 Å². The molecule has 4 nitrogen and oxygen atoms in total. The molecule has 1 aliphatic rings. The lowest BCUT2D eigenvalue weighted by Crippen LogP contribution is -2.26.